The van der Waals surface area contributed by atoms with Gasteiger partial charge in [0.15, 0.2) is 0 Å². The lowest BCUT2D eigenvalue weighted by molar-refractivity contribution is -0.127. The lowest BCUT2D eigenvalue weighted by Gasteiger charge is -2.27. The topological polar surface area (TPSA) is 80.8 Å². The fourth-order valence-corrected chi connectivity index (χ4v) is 6.42. The summed E-state index contributed by atoms with van der Waals surface area (Å²) in [4.78, 5) is 56.3. The molecule has 3 aromatic carbocycles. The van der Waals surface area contributed by atoms with Gasteiger partial charge in [-0.15, -0.1) is 0 Å². The molecule has 0 saturated carbocycles. The minimum absolute atomic E-state index is 0.217. The Labute approximate surface area is 216 Å². The van der Waals surface area contributed by atoms with Gasteiger partial charge >= 0.3 is 0 Å². The molecule has 34 heavy (non-hydrogen) atoms. The number of nitrogens with zero attached hydrogens (tertiary/aromatic N) is 1. The number of benzene rings is 3. The Kier molecular flexibility index (Phi) is 4.91. The van der Waals surface area contributed by atoms with E-state index in [-0.39, 0.29) is 11.1 Å². The van der Waals surface area contributed by atoms with Crippen molar-refractivity contribution in [3.63, 3.8) is 0 Å². The average Bonchev–Trinajstić information content (AvgIpc) is 3.40. The Bertz CT molecular complexity index is 1400. The van der Waals surface area contributed by atoms with Crippen LogP contribution in [-0.2, 0) is 14.3 Å². The van der Waals surface area contributed by atoms with Crippen molar-refractivity contribution in [3.05, 3.63) is 97.5 Å². The maximum Gasteiger partial charge on any atom is 0.241 e. The van der Waals surface area contributed by atoms with E-state index in [1.54, 1.807) is 60.7 Å². The van der Waals surface area contributed by atoms with E-state index in [2.05, 4.69) is 38.5 Å². The second-order valence-corrected chi connectivity index (χ2v) is 10.6. The molecule has 2 aliphatic heterocycles. The number of halogens is 2. The van der Waals surface area contributed by atoms with Gasteiger partial charge in [0.25, 0.3) is 0 Å². The van der Waals surface area contributed by atoms with Gasteiger partial charge in [-0.05, 0) is 52.4 Å². The molecule has 6 rings (SSSR count). The molecule has 2 saturated heterocycles. The van der Waals surface area contributed by atoms with Crippen LogP contribution >= 0.6 is 38.5 Å². The van der Waals surface area contributed by atoms with Crippen molar-refractivity contribution in [2.45, 2.75) is 11.7 Å². The summed E-state index contributed by atoms with van der Waals surface area (Å²) in [6.07, 6.45) is -0.937. The number of anilines is 1. The number of imide groups is 1. The van der Waals surface area contributed by atoms with Crippen molar-refractivity contribution < 1.29 is 23.9 Å². The van der Waals surface area contributed by atoms with Crippen molar-refractivity contribution in [2.75, 3.05) is 4.90 Å². The highest BCUT2D eigenvalue weighted by Crippen LogP contribution is 2.58. The molecule has 0 N–H and O–H groups in total. The molecule has 8 heteroatoms. The van der Waals surface area contributed by atoms with Crippen molar-refractivity contribution in [2.24, 2.45) is 11.8 Å². The molecule has 1 aliphatic carbocycles. The number of fused-ring (bicyclic) bond motifs is 3. The van der Waals surface area contributed by atoms with Gasteiger partial charge in [0.2, 0.25) is 29.0 Å². The standard InChI is InChI=1S/C26H15BrINO5/c27-14-7-5-6-13(12-14)21-19-20(25(33)29(24(19)32)18-11-4-3-10-17(18)28)26(34-21)22(30)15-8-1-2-9-16(15)23(26)31/h1-12,19-21H/t19-,20+,21+/m0/s1. The van der Waals surface area contributed by atoms with Crippen molar-refractivity contribution in [1.82, 2.24) is 0 Å². The number of carbonyl (C=O) groups is 4. The third-order valence-electron chi connectivity index (χ3n) is 6.79. The van der Waals surface area contributed by atoms with Crippen LogP contribution in [0.15, 0.2) is 77.3 Å². The number of hydrogen-bond acceptors (Lipinski definition) is 5. The van der Waals surface area contributed by atoms with Crippen LogP contribution in [0.2, 0.25) is 0 Å². The normalized spacial score (nSPS) is 24.8. The fraction of sp³-hybridized carbons (Fsp3) is 0.154. The number of amides is 2. The van der Waals surface area contributed by atoms with E-state index in [0.29, 0.717) is 14.8 Å². The van der Waals surface area contributed by atoms with Gasteiger partial charge in [0.05, 0.1) is 23.6 Å². The Morgan fingerprint density at radius 3 is 2.12 bits per heavy atom. The molecule has 168 valence electrons. The van der Waals surface area contributed by atoms with Crippen LogP contribution in [-0.4, -0.2) is 29.0 Å². The molecule has 0 bridgehead atoms. The largest absolute Gasteiger partial charge is 0.349 e. The first-order valence-corrected chi connectivity index (χ1v) is 12.5. The van der Waals surface area contributed by atoms with Crippen LogP contribution in [0, 0.1) is 15.4 Å². The predicted octanol–water partition coefficient (Wildman–Crippen LogP) is 4.75. The van der Waals surface area contributed by atoms with Gasteiger partial charge in [-0.3, -0.25) is 19.2 Å². The number of Topliss-reactive ketones (excluding diaryl/α,β-unsaturated/α-hetero) is 2. The SMILES string of the molecule is O=C1[C@@H]2[C@@H](c3cccc(Br)c3)OC3(C(=O)c4ccccc4C3=O)[C@H]2C(=O)N1c1ccccc1I. The van der Waals surface area contributed by atoms with E-state index in [1.165, 1.54) is 0 Å². The summed E-state index contributed by atoms with van der Waals surface area (Å²) >= 11 is 5.50. The average molecular weight is 628 g/mol. The molecule has 0 unspecified atom stereocenters. The van der Waals surface area contributed by atoms with Crippen molar-refractivity contribution >= 4 is 67.6 Å². The van der Waals surface area contributed by atoms with Gasteiger partial charge in [-0.1, -0.05) is 64.5 Å². The van der Waals surface area contributed by atoms with E-state index >= 15 is 0 Å². The Morgan fingerprint density at radius 2 is 1.47 bits per heavy atom. The van der Waals surface area contributed by atoms with Crippen LogP contribution in [0.5, 0.6) is 0 Å². The van der Waals surface area contributed by atoms with Crippen LogP contribution < -0.4 is 4.90 Å². The monoisotopic (exact) mass is 627 g/mol. The zero-order valence-corrected chi connectivity index (χ0v) is 21.1. The number of ether oxygens (including phenoxy) is 1. The quantitative estimate of drug-likeness (QED) is 0.233. The number of rotatable bonds is 2. The molecule has 1 spiro atoms. The molecule has 2 fully saturated rings. The van der Waals surface area contributed by atoms with Crippen LogP contribution in [0.3, 0.4) is 0 Å². The molecule has 3 aromatic rings. The first-order valence-electron chi connectivity index (χ1n) is 10.6. The zero-order chi connectivity index (χ0) is 23.8. The Balaban J connectivity index is 1.57. The van der Waals surface area contributed by atoms with Gasteiger partial charge in [-0.2, -0.15) is 0 Å². The molecule has 0 aromatic heterocycles. The van der Waals surface area contributed by atoms with Crippen molar-refractivity contribution in [3.8, 4) is 0 Å². The third kappa shape index (κ3) is 2.76. The Hall–Kier alpha value is -2.69. The third-order valence-corrected chi connectivity index (χ3v) is 8.20. The molecule has 6 nitrogen and oxygen atoms in total. The summed E-state index contributed by atoms with van der Waals surface area (Å²) in [6, 6.07) is 20.7. The second-order valence-electron chi connectivity index (χ2n) is 8.50. The minimum atomic E-state index is -2.07. The number of hydrogen-bond donors (Lipinski definition) is 0. The fourth-order valence-electron chi connectivity index (χ4n) is 5.37. The lowest BCUT2D eigenvalue weighted by atomic mass is 9.77. The highest BCUT2D eigenvalue weighted by molar-refractivity contribution is 14.1. The van der Waals surface area contributed by atoms with E-state index in [1.807, 2.05) is 12.1 Å². The number of ketones is 2. The summed E-state index contributed by atoms with van der Waals surface area (Å²) in [5.41, 5.74) is -0.582. The van der Waals surface area contributed by atoms with Crippen LogP contribution in [0.25, 0.3) is 0 Å². The first-order chi connectivity index (χ1) is 16.4. The summed E-state index contributed by atoms with van der Waals surface area (Å²) in [5, 5.41) is 0. The van der Waals surface area contributed by atoms with Gasteiger partial charge < -0.3 is 4.74 Å². The molecule has 0 radical (unpaired) electrons. The van der Waals surface area contributed by atoms with E-state index in [4.69, 9.17) is 4.74 Å². The van der Waals surface area contributed by atoms with Gasteiger partial charge in [0, 0.05) is 19.2 Å². The maximum absolute atomic E-state index is 13.9. The second kappa shape index (κ2) is 7.66. The van der Waals surface area contributed by atoms with Gasteiger partial charge in [0.1, 0.15) is 0 Å². The number of carbonyl (C=O) groups excluding carboxylic acids is 4. The highest BCUT2D eigenvalue weighted by atomic mass is 127. The first kappa shape index (κ1) is 21.8. The summed E-state index contributed by atoms with van der Waals surface area (Å²) in [5.74, 6) is -4.46. The molecule has 3 aliphatic rings. The summed E-state index contributed by atoms with van der Waals surface area (Å²) in [6.45, 7) is 0. The maximum atomic E-state index is 13.9. The minimum Gasteiger partial charge on any atom is -0.349 e. The van der Waals surface area contributed by atoms with Crippen LogP contribution in [0.1, 0.15) is 32.4 Å². The Morgan fingerprint density at radius 1 is 0.824 bits per heavy atom. The van der Waals surface area contributed by atoms with Crippen molar-refractivity contribution in [1.29, 1.82) is 0 Å². The predicted molar refractivity (Wildman–Crippen MR) is 134 cm³/mol. The number of para-hydroxylation sites is 1. The smallest absolute Gasteiger partial charge is 0.241 e. The van der Waals surface area contributed by atoms with Crippen LogP contribution in [0.4, 0.5) is 5.69 Å². The molecular weight excluding hydrogens is 613 g/mol. The summed E-state index contributed by atoms with van der Waals surface area (Å²) in [7, 11) is 0. The summed E-state index contributed by atoms with van der Waals surface area (Å²) < 4.78 is 7.76. The highest BCUT2D eigenvalue weighted by Gasteiger charge is 2.74. The molecule has 3 atom stereocenters. The lowest BCUT2D eigenvalue weighted by Crippen LogP contribution is -2.51. The zero-order valence-electron chi connectivity index (χ0n) is 17.4. The van der Waals surface area contributed by atoms with Gasteiger partial charge in [-0.25, -0.2) is 4.90 Å². The molecule has 2 amide bonds. The van der Waals surface area contributed by atoms with E-state index in [0.717, 1.165) is 9.37 Å². The molecular formula is C26H15BrINO5. The van der Waals surface area contributed by atoms with E-state index in [9.17, 15) is 19.2 Å². The molecule has 2 heterocycles. The van der Waals surface area contributed by atoms with E-state index < -0.39 is 46.9 Å².